The number of nitrogens with one attached hydrogen (secondary N) is 1. The number of benzene rings is 2. The van der Waals surface area contributed by atoms with Gasteiger partial charge >= 0.3 is 6.18 Å². The quantitative estimate of drug-likeness (QED) is 0.571. The number of para-hydroxylation sites is 2. The van der Waals surface area contributed by atoms with Crippen LogP contribution in [0.1, 0.15) is 25.8 Å². The summed E-state index contributed by atoms with van der Waals surface area (Å²) in [6, 6.07) is 10.6. The van der Waals surface area contributed by atoms with Crippen LogP contribution in [0, 0.1) is 0 Å². The minimum absolute atomic E-state index is 0.191. The summed E-state index contributed by atoms with van der Waals surface area (Å²) >= 11 is 1.36. The normalized spacial score (nSPS) is 12.4. The van der Waals surface area contributed by atoms with E-state index in [1.807, 2.05) is 13.8 Å². The molecule has 4 nitrogen and oxygen atoms in total. The maximum absolute atomic E-state index is 13.4. The van der Waals surface area contributed by atoms with Crippen molar-refractivity contribution in [3.63, 3.8) is 0 Å². The molecule has 0 aliphatic carbocycles. The molecule has 0 saturated carbocycles. The Bertz CT molecular complexity index is 812. The monoisotopic (exact) mass is 413 g/mol. The van der Waals surface area contributed by atoms with E-state index in [0.29, 0.717) is 16.4 Å². The Balaban J connectivity index is 2.12. The van der Waals surface area contributed by atoms with Gasteiger partial charge in [0.1, 0.15) is 0 Å². The summed E-state index contributed by atoms with van der Waals surface area (Å²) in [6.07, 6.45) is -3.75. The number of ether oxygens (including phenoxy) is 2. The Morgan fingerprint density at radius 2 is 1.86 bits per heavy atom. The molecule has 0 aliphatic rings. The van der Waals surface area contributed by atoms with Gasteiger partial charge in [0.05, 0.1) is 18.4 Å². The molecular weight excluding hydrogens is 391 g/mol. The van der Waals surface area contributed by atoms with Crippen LogP contribution in [0.25, 0.3) is 0 Å². The predicted octanol–water partition coefficient (Wildman–Crippen LogP) is 5.62. The van der Waals surface area contributed by atoms with E-state index < -0.39 is 24.3 Å². The second-order valence-corrected chi connectivity index (χ2v) is 7.54. The van der Waals surface area contributed by atoms with Gasteiger partial charge in [0.25, 0.3) is 5.91 Å². The van der Waals surface area contributed by atoms with Gasteiger partial charge in [-0.2, -0.15) is 13.2 Å². The first-order valence-corrected chi connectivity index (χ1v) is 9.56. The molecule has 0 unspecified atom stereocenters. The molecule has 0 fully saturated rings. The largest absolute Gasteiger partial charge is 0.493 e. The number of carbonyl (C=O) groups excluding carboxylic acids is 1. The average Bonchev–Trinajstić information content (AvgIpc) is 2.66. The summed E-state index contributed by atoms with van der Waals surface area (Å²) in [4.78, 5) is 12.6. The van der Waals surface area contributed by atoms with E-state index in [0.717, 1.165) is 12.5 Å². The zero-order chi connectivity index (χ0) is 20.7. The van der Waals surface area contributed by atoms with Crippen LogP contribution in [0.2, 0.25) is 0 Å². The lowest BCUT2D eigenvalue weighted by molar-refractivity contribution is -0.137. The van der Waals surface area contributed by atoms with Crippen LogP contribution >= 0.6 is 11.8 Å². The number of thioether (sulfide) groups is 1. The molecule has 0 saturated heterocycles. The summed E-state index contributed by atoms with van der Waals surface area (Å²) in [5.41, 5.74) is -1.18. The first-order valence-electron chi connectivity index (χ1n) is 8.68. The van der Waals surface area contributed by atoms with Gasteiger partial charge in [-0.05, 0) is 36.8 Å². The summed E-state index contributed by atoms with van der Waals surface area (Å²) in [5, 5.41) is 2.48. The highest BCUT2D eigenvalue weighted by molar-refractivity contribution is 7.99. The van der Waals surface area contributed by atoms with Gasteiger partial charge in [-0.15, -0.1) is 11.8 Å². The van der Waals surface area contributed by atoms with Crippen molar-refractivity contribution in [2.24, 2.45) is 0 Å². The molecule has 152 valence electrons. The Hall–Kier alpha value is -2.35. The van der Waals surface area contributed by atoms with Crippen LogP contribution in [0.5, 0.6) is 11.5 Å². The van der Waals surface area contributed by atoms with Crippen LogP contribution in [0.3, 0.4) is 0 Å². The van der Waals surface area contributed by atoms with E-state index in [1.54, 1.807) is 30.3 Å². The molecule has 28 heavy (non-hydrogen) atoms. The molecule has 0 bridgehead atoms. The molecule has 1 amide bonds. The molecule has 0 radical (unpaired) electrons. The molecule has 2 rings (SSSR count). The molecule has 1 atom stereocenters. The number of hydrogen-bond acceptors (Lipinski definition) is 4. The van der Waals surface area contributed by atoms with Gasteiger partial charge in [-0.25, -0.2) is 0 Å². The number of hydrogen-bond donors (Lipinski definition) is 1. The van der Waals surface area contributed by atoms with Crippen LogP contribution < -0.4 is 14.8 Å². The summed E-state index contributed by atoms with van der Waals surface area (Å²) in [5.74, 6) is 0.0629. The van der Waals surface area contributed by atoms with E-state index in [2.05, 4.69) is 5.32 Å². The van der Waals surface area contributed by atoms with Crippen molar-refractivity contribution in [2.45, 2.75) is 36.6 Å². The van der Waals surface area contributed by atoms with Crippen molar-refractivity contribution in [1.29, 1.82) is 0 Å². The van der Waals surface area contributed by atoms with Crippen molar-refractivity contribution in [3.8, 4) is 11.5 Å². The molecule has 0 spiro atoms. The van der Waals surface area contributed by atoms with Gasteiger partial charge in [-0.1, -0.05) is 26.0 Å². The fourth-order valence-electron chi connectivity index (χ4n) is 2.32. The first kappa shape index (κ1) is 21.9. The number of amides is 1. The number of halogens is 3. The molecule has 0 heterocycles. The second-order valence-electron chi connectivity index (χ2n) is 6.03. The van der Waals surface area contributed by atoms with Gasteiger partial charge in [0.2, 0.25) is 0 Å². The van der Waals surface area contributed by atoms with Gasteiger partial charge < -0.3 is 14.8 Å². The van der Waals surface area contributed by atoms with Crippen LogP contribution in [0.15, 0.2) is 47.4 Å². The Morgan fingerprint density at radius 3 is 2.46 bits per heavy atom. The van der Waals surface area contributed by atoms with E-state index in [9.17, 15) is 18.0 Å². The minimum atomic E-state index is -4.59. The van der Waals surface area contributed by atoms with E-state index >= 15 is 0 Å². The lowest BCUT2D eigenvalue weighted by atomic mass is 10.1. The lowest BCUT2D eigenvalue weighted by Gasteiger charge is -2.17. The summed E-state index contributed by atoms with van der Waals surface area (Å²) < 4.78 is 50.8. The predicted molar refractivity (Wildman–Crippen MR) is 104 cm³/mol. The molecule has 2 aromatic rings. The zero-order valence-corrected chi connectivity index (χ0v) is 16.6. The maximum atomic E-state index is 13.4. The molecule has 0 aliphatic heterocycles. The van der Waals surface area contributed by atoms with Gasteiger partial charge in [0.15, 0.2) is 18.1 Å². The van der Waals surface area contributed by atoms with Crippen LogP contribution in [-0.4, -0.2) is 24.9 Å². The van der Waals surface area contributed by atoms with Gasteiger partial charge in [0, 0.05) is 10.1 Å². The Kier molecular flexibility index (Phi) is 7.62. The van der Waals surface area contributed by atoms with E-state index in [-0.39, 0.29) is 10.9 Å². The highest BCUT2D eigenvalue weighted by atomic mass is 32.2. The number of methoxy groups -OCH3 is 1. The minimum Gasteiger partial charge on any atom is -0.493 e. The van der Waals surface area contributed by atoms with Crippen molar-refractivity contribution >= 4 is 23.4 Å². The number of carbonyl (C=O) groups is 1. The van der Waals surface area contributed by atoms with Crippen molar-refractivity contribution < 1.29 is 27.4 Å². The topological polar surface area (TPSA) is 47.6 Å². The standard InChI is InChI=1S/C20H22F3NO3S/c1-4-13(2)28-14-9-10-16(15(11-14)20(21,22)23)24-19(25)12-27-18-8-6-5-7-17(18)26-3/h5-11,13H,4,12H2,1-3H3,(H,24,25)/t13-/m1/s1. The second kappa shape index (κ2) is 9.73. The lowest BCUT2D eigenvalue weighted by Crippen LogP contribution is -2.22. The third-order valence-electron chi connectivity index (χ3n) is 3.91. The maximum Gasteiger partial charge on any atom is 0.418 e. The highest BCUT2D eigenvalue weighted by Crippen LogP contribution is 2.38. The molecule has 1 N–H and O–H groups in total. The summed E-state index contributed by atoms with van der Waals surface area (Å²) in [7, 11) is 1.46. The smallest absolute Gasteiger partial charge is 0.418 e. The van der Waals surface area contributed by atoms with Crippen molar-refractivity contribution in [2.75, 3.05) is 19.0 Å². The molecule has 8 heteroatoms. The average molecular weight is 413 g/mol. The molecule has 2 aromatic carbocycles. The zero-order valence-electron chi connectivity index (χ0n) is 15.8. The number of rotatable bonds is 8. The third-order valence-corrected chi connectivity index (χ3v) is 5.17. The molecule has 0 aromatic heterocycles. The summed E-state index contributed by atoms with van der Waals surface area (Å²) in [6.45, 7) is 3.47. The third kappa shape index (κ3) is 6.09. The van der Waals surface area contributed by atoms with Gasteiger partial charge in [-0.3, -0.25) is 4.79 Å². The van der Waals surface area contributed by atoms with E-state index in [4.69, 9.17) is 9.47 Å². The first-order chi connectivity index (χ1) is 13.2. The number of alkyl halides is 3. The SMILES string of the molecule is CC[C@@H](C)Sc1ccc(NC(=O)COc2ccccc2OC)c(C(F)(F)F)c1. The molecular formula is C20H22F3NO3S. The fraction of sp³-hybridized carbons (Fsp3) is 0.350. The Morgan fingerprint density at radius 1 is 1.18 bits per heavy atom. The highest BCUT2D eigenvalue weighted by Gasteiger charge is 2.34. The van der Waals surface area contributed by atoms with Crippen LogP contribution in [0.4, 0.5) is 18.9 Å². The number of anilines is 1. The Labute approximate surface area is 166 Å². The van der Waals surface area contributed by atoms with Crippen molar-refractivity contribution in [3.05, 3.63) is 48.0 Å². The van der Waals surface area contributed by atoms with Crippen LogP contribution in [-0.2, 0) is 11.0 Å². The fourth-order valence-corrected chi connectivity index (χ4v) is 3.29. The van der Waals surface area contributed by atoms with E-state index in [1.165, 1.54) is 24.9 Å². The van der Waals surface area contributed by atoms with Crippen molar-refractivity contribution in [1.82, 2.24) is 0 Å².